The summed E-state index contributed by atoms with van der Waals surface area (Å²) in [6.45, 7) is 7.41. The highest BCUT2D eigenvalue weighted by atomic mass is 15.2. The zero-order valence-electron chi connectivity index (χ0n) is 13.6. The van der Waals surface area contributed by atoms with Crippen LogP contribution in [0.5, 0.6) is 0 Å². The third-order valence-corrected chi connectivity index (χ3v) is 3.79. The Bertz CT molecular complexity index is 547. The van der Waals surface area contributed by atoms with Crippen LogP contribution in [0.1, 0.15) is 45.2 Å². The smallest absolute Gasteiger partial charge is 0.152 e. The first-order chi connectivity index (χ1) is 10.3. The molecule has 0 aliphatic heterocycles. The molecule has 2 aromatic rings. The van der Waals surface area contributed by atoms with Gasteiger partial charge in [-0.2, -0.15) is 0 Å². The molecule has 21 heavy (non-hydrogen) atoms. The zero-order valence-corrected chi connectivity index (χ0v) is 13.6. The molecule has 0 radical (unpaired) electrons. The molecule has 0 aliphatic carbocycles. The van der Waals surface area contributed by atoms with E-state index in [9.17, 15) is 0 Å². The average Bonchev–Trinajstić information content (AvgIpc) is 2.87. The van der Waals surface area contributed by atoms with Crippen LogP contribution in [-0.4, -0.2) is 29.5 Å². The SMILES string of the molecule is CCCCCN(C)c1nc2ccccn2c1CNCCC. The van der Waals surface area contributed by atoms with E-state index < -0.39 is 0 Å². The summed E-state index contributed by atoms with van der Waals surface area (Å²) in [5, 5.41) is 3.50. The first-order valence-corrected chi connectivity index (χ1v) is 8.15. The standard InChI is InChI=1S/C17H28N4/c1-4-6-8-12-20(3)17-15(14-18-11-5-2)21-13-9-7-10-16(21)19-17/h7,9-10,13,18H,4-6,8,11-12,14H2,1-3H3. The van der Waals surface area contributed by atoms with Crippen molar-refractivity contribution in [1.29, 1.82) is 0 Å². The molecule has 0 fully saturated rings. The number of nitrogens with zero attached hydrogens (tertiary/aromatic N) is 3. The van der Waals surface area contributed by atoms with Gasteiger partial charge < -0.3 is 14.6 Å². The molecule has 0 aliphatic rings. The van der Waals surface area contributed by atoms with Gasteiger partial charge in [0.2, 0.25) is 0 Å². The van der Waals surface area contributed by atoms with Gasteiger partial charge in [-0.3, -0.25) is 0 Å². The monoisotopic (exact) mass is 288 g/mol. The molecule has 2 heterocycles. The molecular formula is C17H28N4. The van der Waals surface area contributed by atoms with Crippen molar-refractivity contribution < 1.29 is 0 Å². The van der Waals surface area contributed by atoms with Gasteiger partial charge in [0, 0.05) is 26.3 Å². The number of anilines is 1. The van der Waals surface area contributed by atoms with Crippen LogP contribution in [0.3, 0.4) is 0 Å². The fourth-order valence-corrected chi connectivity index (χ4v) is 2.59. The van der Waals surface area contributed by atoms with Gasteiger partial charge in [0.1, 0.15) is 5.65 Å². The van der Waals surface area contributed by atoms with Gasteiger partial charge >= 0.3 is 0 Å². The number of pyridine rings is 1. The number of nitrogens with one attached hydrogen (secondary N) is 1. The van der Waals surface area contributed by atoms with Gasteiger partial charge in [0.25, 0.3) is 0 Å². The summed E-state index contributed by atoms with van der Waals surface area (Å²) in [7, 11) is 2.15. The second-order valence-corrected chi connectivity index (χ2v) is 5.62. The number of hydrogen-bond donors (Lipinski definition) is 1. The number of rotatable bonds is 9. The van der Waals surface area contributed by atoms with Crippen molar-refractivity contribution >= 4 is 11.5 Å². The lowest BCUT2D eigenvalue weighted by atomic mass is 10.2. The van der Waals surface area contributed by atoms with Crippen molar-refractivity contribution in [1.82, 2.24) is 14.7 Å². The second kappa shape index (κ2) is 8.03. The maximum Gasteiger partial charge on any atom is 0.152 e. The Balaban J connectivity index is 2.21. The normalized spacial score (nSPS) is 11.2. The maximum absolute atomic E-state index is 4.82. The third-order valence-electron chi connectivity index (χ3n) is 3.79. The Morgan fingerprint density at radius 1 is 1.19 bits per heavy atom. The van der Waals surface area contributed by atoms with Crippen LogP contribution in [-0.2, 0) is 6.54 Å². The molecule has 0 amide bonds. The third kappa shape index (κ3) is 3.97. The molecule has 0 bridgehead atoms. The highest BCUT2D eigenvalue weighted by Crippen LogP contribution is 2.21. The number of imidazole rings is 1. The van der Waals surface area contributed by atoms with Crippen molar-refractivity contribution in [2.45, 2.75) is 46.1 Å². The van der Waals surface area contributed by atoms with Crippen molar-refractivity contribution in [3.63, 3.8) is 0 Å². The van der Waals surface area contributed by atoms with Crippen molar-refractivity contribution in [2.75, 3.05) is 25.0 Å². The highest BCUT2D eigenvalue weighted by Gasteiger charge is 2.14. The summed E-state index contributed by atoms with van der Waals surface area (Å²) >= 11 is 0. The molecule has 2 rings (SSSR count). The largest absolute Gasteiger partial charge is 0.358 e. The van der Waals surface area contributed by atoms with Crippen LogP contribution in [0.4, 0.5) is 5.82 Å². The summed E-state index contributed by atoms with van der Waals surface area (Å²) in [6.07, 6.45) is 7.01. The van der Waals surface area contributed by atoms with Crippen LogP contribution in [0.2, 0.25) is 0 Å². The molecule has 0 saturated carbocycles. The molecule has 0 atom stereocenters. The summed E-state index contributed by atoms with van der Waals surface area (Å²) in [5.74, 6) is 1.11. The number of aromatic nitrogens is 2. The van der Waals surface area contributed by atoms with E-state index in [1.807, 2.05) is 6.07 Å². The van der Waals surface area contributed by atoms with Gasteiger partial charge in [-0.1, -0.05) is 32.8 Å². The van der Waals surface area contributed by atoms with E-state index in [4.69, 9.17) is 4.98 Å². The second-order valence-electron chi connectivity index (χ2n) is 5.62. The predicted octanol–water partition coefficient (Wildman–Crippen LogP) is 3.46. The molecule has 4 nitrogen and oxygen atoms in total. The zero-order chi connectivity index (χ0) is 15.1. The van der Waals surface area contributed by atoms with Gasteiger partial charge in [-0.25, -0.2) is 4.98 Å². The number of fused-ring (bicyclic) bond motifs is 1. The van der Waals surface area contributed by atoms with E-state index in [-0.39, 0.29) is 0 Å². The molecule has 0 saturated heterocycles. The molecule has 2 aromatic heterocycles. The lowest BCUT2D eigenvalue weighted by Gasteiger charge is -2.18. The summed E-state index contributed by atoms with van der Waals surface area (Å²) in [5.41, 5.74) is 2.29. The van der Waals surface area contributed by atoms with E-state index in [0.29, 0.717) is 0 Å². The Hall–Kier alpha value is -1.55. The fourth-order valence-electron chi connectivity index (χ4n) is 2.59. The number of hydrogen-bond acceptors (Lipinski definition) is 3. The first kappa shape index (κ1) is 15.8. The Morgan fingerprint density at radius 3 is 2.81 bits per heavy atom. The molecule has 1 N–H and O–H groups in total. The average molecular weight is 288 g/mol. The van der Waals surface area contributed by atoms with E-state index in [1.54, 1.807) is 0 Å². The van der Waals surface area contributed by atoms with Gasteiger partial charge in [0.15, 0.2) is 5.82 Å². The summed E-state index contributed by atoms with van der Waals surface area (Å²) in [6, 6.07) is 6.19. The molecule has 0 aromatic carbocycles. The lowest BCUT2D eigenvalue weighted by molar-refractivity contribution is 0.655. The van der Waals surface area contributed by atoms with Crippen LogP contribution in [0.15, 0.2) is 24.4 Å². The van der Waals surface area contributed by atoms with Gasteiger partial charge in [-0.05, 0) is 31.5 Å². The fraction of sp³-hybridized carbons (Fsp3) is 0.588. The Morgan fingerprint density at radius 2 is 2.05 bits per heavy atom. The summed E-state index contributed by atoms with van der Waals surface area (Å²) < 4.78 is 2.20. The van der Waals surface area contributed by atoms with Crippen molar-refractivity contribution in [3.8, 4) is 0 Å². The minimum Gasteiger partial charge on any atom is -0.358 e. The van der Waals surface area contributed by atoms with Gasteiger partial charge in [-0.15, -0.1) is 0 Å². The lowest BCUT2D eigenvalue weighted by Crippen LogP contribution is -2.23. The number of unbranched alkanes of at least 4 members (excludes halogenated alkanes) is 2. The molecule has 116 valence electrons. The van der Waals surface area contributed by atoms with Gasteiger partial charge in [0.05, 0.1) is 5.69 Å². The molecule has 4 heteroatoms. The first-order valence-electron chi connectivity index (χ1n) is 8.15. The Kier molecular flexibility index (Phi) is 6.05. The summed E-state index contributed by atoms with van der Waals surface area (Å²) in [4.78, 5) is 7.12. The molecule has 0 unspecified atom stereocenters. The molecular weight excluding hydrogens is 260 g/mol. The van der Waals surface area contributed by atoms with E-state index in [0.717, 1.165) is 37.5 Å². The molecule has 0 spiro atoms. The van der Waals surface area contributed by atoms with Crippen LogP contribution in [0.25, 0.3) is 5.65 Å². The maximum atomic E-state index is 4.82. The Labute approximate surface area is 128 Å². The minimum atomic E-state index is 0.868. The van der Waals surface area contributed by atoms with Crippen LogP contribution in [0, 0.1) is 0 Å². The highest BCUT2D eigenvalue weighted by molar-refractivity contribution is 5.55. The van der Waals surface area contributed by atoms with E-state index in [1.165, 1.54) is 25.0 Å². The predicted molar refractivity (Wildman–Crippen MR) is 90.0 cm³/mol. The van der Waals surface area contributed by atoms with Crippen LogP contribution >= 0.6 is 0 Å². The van der Waals surface area contributed by atoms with Crippen molar-refractivity contribution in [3.05, 3.63) is 30.1 Å². The van der Waals surface area contributed by atoms with Crippen LogP contribution < -0.4 is 10.2 Å². The topological polar surface area (TPSA) is 32.6 Å². The quantitative estimate of drug-likeness (QED) is 0.717. The van der Waals surface area contributed by atoms with Crippen molar-refractivity contribution in [2.24, 2.45) is 0 Å². The minimum absolute atomic E-state index is 0.868. The van der Waals surface area contributed by atoms with E-state index >= 15 is 0 Å². The van der Waals surface area contributed by atoms with E-state index in [2.05, 4.69) is 53.8 Å².